The predicted molar refractivity (Wildman–Crippen MR) is 100 cm³/mol. The zero-order chi connectivity index (χ0) is 21.2. The van der Waals surface area contributed by atoms with E-state index in [2.05, 4.69) is 22.5 Å². The molecule has 0 saturated carbocycles. The first-order chi connectivity index (χ1) is 13.7. The number of halogens is 3. The molecule has 0 bridgehead atoms. The highest BCUT2D eigenvalue weighted by molar-refractivity contribution is 5.97. The molecular weight excluding hydrogens is 387 g/mol. The van der Waals surface area contributed by atoms with Crippen LogP contribution >= 0.6 is 0 Å². The SMILES string of the molecule is C=C1NC(=O)N[C@H](c2ccccc2OC)[C@H]1C(=O)Nc1ccccc1C(F)(F)F. The average Bonchev–Trinajstić information content (AvgIpc) is 2.66. The minimum Gasteiger partial charge on any atom is -0.496 e. The number of hydrogen-bond acceptors (Lipinski definition) is 3. The van der Waals surface area contributed by atoms with Crippen LogP contribution < -0.4 is 20.7 Å². The molecule has 3 N–H and O–H groups in total. The smallest absolute Gasteiger partial charge is 0.418 e. The molecule has 0 aliphatic carbocycles. The summed E-state index contributed by atoms with van der Waals surface area (Å²) in [4.78, 5) is 24.9. The Bertz CT molecular complexity index is 959. The van der Waals surface area contributed by atoms with Gasteiger partial charge >= 0.3 is 12.2 Å². The van der Waals surface area contributed by atoms with E-state index in [1.807, 2.05) is 0 Å². The van der Waals surface area contributed by atoms with E-state index >= 15 is 0 Å². The second kappa shape index (κ2) is 7.86. The van der Waals surface area contributed by atoms with E-state index in [9.17, 15) is 22.8 Å². The van der Waals surface area contributed by atoms with Crippen LogP contribution in [0.4, 0.5) is 23.7 Å². The van der Waals surface area contributed by atoms with Gasteiger partial charge in [-0.2, -0.15) is 13.2 Å². The number of rotatable bonds is 4. The van der Waals surface area contributed by atoms with Crippen molar-refractivity contribution in [3.8, 4) is 5.75 Å². The molecule has 6 nitrogen and oxygen atoms in total. The third-order valence-corrected chi connectivity index (χ3v) is 4.52. The van der Waals surface area contributed by atoms with Crippen molar-refractivity contribution < 1.29 is 27.5 Å². The van der Waals surface area contributed by atoms with Gasteiger partial charge in [0, 0.05) is 11.3 Å². The van der Waals surface area contributed by atoms with Gasteiger partial charge in [-0.3, -0.25) is 4.79 Å². The van der Waals surface area contributed by atoms with Crippen LogP contribution in [0.5, 0.6) is 5.75 Å². The van der Waals surface area contributed by atoms with Gasteiger partial charge < -0.3 is 20.7 Å². The fourth-order valence-corrected chi connectivity index (χ4v) is 3.23. The monoisotopic (exact) mass is 405 g/mol. The maximum absolute atomic E-state index is 13.3. The largest absolute Gasteiger partial charge is 0.496 e. The summed E-state index contributed by atoms with van der Waals surface area (Å²) in [6.07, 6.45) is -4.64. The predicted octanol–water partition coefficient (Wildman–Crippen LogP) is 3.84. The van der Waals surface area contributed by atoms with E-state index in [0.29, 0.717) is 11.3 Å². The normalized spacial score (nSPS) is 19.2. The molecule has 1 aliphatic heterocycles. The second-order valence-electron chi connectivity index (χ2n) is 6.35. The van der Waals surface area contributed by atoms with Crippen molar-refractivity contribution in [3.63, 3.8) is 0 Å². The third kappa shape index (κ3) is 4.18. The van der Waals surface area contributed by atoms with E-state index in [1.54, 1.807) is 24.3 Å². The van der Waals surface area contributed by atoms with Crippen LogP contribution in [-0.4, -0.2) is 19.0 Å². The highest BCUT2D eigenvalue weighted by Gasteiger charge is 2.40. The number of carbonyl (C=O) groups is 2. The second-order valence-corrected chi connectivity index (χ2v) is 6.35. The molecule has 0 radical (unpaired) electrons. The van der Waals surface area contributed by atoms with Gasteiger partial charge in [0.2, 0.25) is 5.91 Å². The number of carbonyl (C=O) groups excluding carboxylic acids is 2. The summed E-state index contributed by atoms with van der Waals surface area (Å²) in [5, 5.41) is 7.35. The van der Waals surface area contributed by atoms with Crippen LogP contribution in [0.2, 0.25) is 0 Å². The van der Waals surface area contributed by atoms with Crippen LogP contribution in [-0.2, 0) is 11.0 Å². The number of urea groups is 1. The van der Waals surface area contributed by atoms with Gasteiger partial charge in [0.1, 0.15) is 11.7 Å². The van der Waals surface area contributed by atoms with Crippen molar-refractivity contribution in [2.24, 2.45) is 5.92 Å². The fourth-order valence-electron chi connectivity index (χ4n) is 3.23. The topological polar surface area (TPSA) is 79.5 Å². The number of nitrogens with one attached hydrogen (secondary N) is 3. The first-order valence-corrected chi connectivity index (χ1v) is 8.58. The van der Waals surface area contributed by atoms with Gasteiger partial charge in [-0.1, -0.05) is 36.9 Å². The molecule has 152 valence electrons. The number of benzene rings is 2. The van der Waals surface area contributed by atoms with Gasteiger partial charge in [0.25, 0.3) is 0 Å². The highest BCUT2D eigenvalue weighted by Crippen LogP contribution is 2.37. The van der Waals surface area contributed by atoms with Crippen molar-refractivity contribution in [1.29, 1.82) is 0 Å². The molecule has 1 heterocycles. The number of hydrogen-bond donors (Lipinski definition) is 3. The fraction of sp³-hybridized carbons (Fsp3) is 0.200. The third-order valence-electron chi connectivity index (χ3n) is 4.52. The van der Waals surface area contributed by atoms with Crippen LogP contribution in [0.15, 0.2) is 60.8 Å². The minimum atomic E-state index is -4.64. The number of methoxy groups -OCH3 is 1. The van der Waals surface area contributed by atoms with Crippen molar-refractivity contribution in [1.82, 2.24) is 10.6 Å². The quantitative estimate of drug-likeness (QED) is 0.723. The lowest BCUT2D eigenvalue weighted by Gasteiger charge is -2.34. The highest BCUT2D eigenvalue weighted by atomic mass is 19.4. The number of alkyl halides is 3. The summed E-state index contributed by atoms with van der Waals surface area (Å²) in [6.45, 7) is 3.72. The minimum absolute atomic E-state index is 0.0617. The van der Waals surface area contributed by atoms with Gasteiger partial charge in [0.05, 0.1) is 24.4 Å². The molecule has 0 spiro atoms. The first kappa shape index (κ1) is 20.2. The molecule has 0 unspecified atom stereocenters. The maximum atomic E-state index is 13.3. The summed E-state index contributed by atoms with van der Waals surface area (Å²) >= 11 is 0. The molecule has 0 aromatic heterocycles. The lowest BCUT2D eigenvalue weighted by molar-refractivity contribution is -0.137. The van der Waals surface area contributed by atoms with Crippen molar-refractivity contribution >= 4 is 17.6 Å². The summed E-state index contributed by atoms with van der Waals surface area (Å²) < 4.78 is 45.1. The molecular formula is C20H18F3N3O3. The van der Waals surface area contributed by atoms with E-state index in [0.717, 1.165) is 12.1 Å². The number of para-hydroxylation sites is 2. The Morgan fingerprint density at radius 1 is 1.14 bits per heavy atom. The van der Waals surface area contributed by atoms with E-state index in [-0.39, 0.29) is 11.4 Å². The van der Waals surface area contributed by atoms with E-state index in [4.69, 9.17) is 4.74 Å². The van der Waals surface area contributed by atoms with Crippen LogP contribution in [0, 0.1) is 5.92 Å². The first-order valence-electron chi connectivity index (χ1n) is 8.58. The average molecular weight is 405 g/mol. The zero-order valence-corrected chi connectivity index (χ0v) is 15.3. The van der Waals surface area contributed by atoms with Gasteiger partial charge in [-0.15, -0.1) is 0 Å². The lowest BCUT2D eigenvalue weighted by atomic mass is 9.87. The molecule has 1 saturated heterocycles. The Balaban J connectivity index is 1.97. The maximum Gasteiger partial charge on any atom is 0.418 e. The van der Waals surface area contributed by atoms with Crippen LogP contribution in [0.3, 0.4) is 0 Å². The lowest BCUT2D eigenvalue weighted by Crippen LogP contribution is -2.52. The summed E-state index contributed by atoms with van der Waals surface area (Å²) in [6, 6.07) is 9.93. The summed E-state index contributed by atoms with van der Waals surface area (Å²) in [5.41, 5.74) is -0.795. The van der Waals surface area contributed by atoms with Gasteiger partial charge in [-0.05, 0) is 18.2 Å². The van der Waals surface area contributed by atoms with E-state index in [1.165, 1.54) is 19.2 Å². The van der Waals surface area contributed by atoms with Gasteiger partial charge in [-0.25, -0.2) is 4.79 Å². The number of anilines is 1. The molecule has 1 fully saturated rings. The molecule has 29 heavy (non-hydrogen) atoms. The molecule has 1 aliphatic rings. The molecule has 2 aromatic carbocycles. The zero-order valence-electron chi connectivity index (χ0n) is 15.3. The Morgan fingerprint density at radius 2 is 1.79 bits per heavy atom. The molecule has 9 heteroatoms. The summed E-state index contributed by atoms with van der Waals surface area (Å²) in [7, 11) is 1.44. The molecule has 3 amide bonds. The Labute approximate surface area is 164 Å². The number of amides is 3. The Morgan fingerprint density at radius 3 is 2.48 bits per heavy atom. The number of ether oxygens (including phenoxy) is 1. The van der Waals surface area contributed by atoms with Crippen molar-refractivity contribution in [3.05, 3.63) is 71.9 Å². The summed E-state index contributed by atoms with van der Waals surface area (Å²) in [5.74, 6) is -1.42. The molecule has 3 rings (SSSR count). The van der Waals surface area contributed by atoms with Crippen LogP contribution in [0.25, 0.3) is 0 Å². The Kier molecular flexibility index (Phi) is 5.49. The van der Waals surface area contributed by atoms with Gasteiger partial charge in [0.15, 0.2) is 0 Å². The van der Waals surface area contributed by atoms with Crippen molar-refractivity contribution in [2.45, 2.75) is 12.2 Å². The van der Waals surface area contributed by atoms with Crippen LogP contribution in [0.1, 0.15) is 17.2 Å². The Hall–Kier alpha value is -3.49. The molecule has 2 atom stereocenters. The van der Waals surface area contributed by atoms with Crippen molar-refractivity contribution in [2.75, 3.05) is 12.4 Å². The molecule has 2 aromatic rings. The van der Waals surface area contributed by atoms with E-state index < -0.39 is 35.6 Å². The standard InChI is InChI=1S/C20H18F3N3O3/c1-11-16(18(27)25-14-9-5-4-8-13(14)20(21,22)23)17(26-19(28)24-11)12-7-3-6-10-15(12)29-2/h3-10,16-17H,1H2,2H3,(H,25,27)(H2,24,26,28)/t16-,17+/m0/s1.